The van der Waals surface area contributed by atoms with Crippen LogP contribution in [0.3, 0.4) is 0 Å². The van der Waals surface area contributed by atoms with Gasteiger partial charge in [-0.3, -0.25) is 0 Å². The maximum Gasteiger partial charge on any atom is 0.138 e. The molecule has 0 aliphatic rings. The standard InChI is InChI=1S/C9H6BrFN2/c10-7-2-1-6(5-8(7)11)9-12-3-4-13-9/h1-5H,(H,12,13). The highest BCUT2D eigenvalue weighted by molar-refractivity contribution is 9.10. The second-order valence-electron chi connectivity index (χ2n) is 2.57. The summed E-state index contributed by atoms with van der Waals surface area (Å²) in [5.41, 5.74) is 0.741. The van der Waals surface area contributed by atoms with Crippen molar-refractivity contribution in [3.63, 3.8) is 0 Å². The van der Waals surface area contributed by atoms with Crippen molar-refractivity contribution in [3.8, 4) is 11.4 Å². The van der Waals surface area contributed by atoms with E-state index in [1.807, 2.05) is 0 Å². The predicted molar refractivity (Wildman–Crippen MR) is 51.7 cm³/mol. The molecule has 0 spiro atoms. The van der Waals surface area contributed by atoms with Crippen LogP contribution in [0.15, 0.2) is 35.1 Å². The molecule has 0 unspecified atom stereocenters. The smallest absolute Gasteiger partial charge is 0.138 e. The van der Waals surface area contributed by atoms with Gasteiger partial charge < -0.3 is 4.98 Å². The van der Waals surface area contributed by atoms with Crippen molar-refractivity contribution < 1.29 is 4.39 Å². The van der Waals surface area contributed by atoms with Crippen LogP contribution in [0.2, 0.25) is 0 Å². The third-order valence-corrected chi connectivity index (χ3v) is 2.33. The van der Waals surface area contributed by atoms with Crippen LogP contribution in [-0.4, -0.2) is 9.97 Å². The van der Waals surface area contributed by atoms with E-state index in [9.17, 15) is 4.39 Å². The lowest BCUT2D eigenvalue weighted by Gasteiger charge is -1.98. The molecule has 0 bridgehead atoms. The highest BCUT2D eigenvalue weighted by atomic mass is 79.9. The summed E-state index contributed by atoms with van der Waals surface area (Å²) in [6.45, 7) is 0. The Hall–Kier alpha value is -1.16. The predicted octanol–water partition coefficient (Wildman–Crippen LogP) is 2.98. The Bertz CT molecular complexity index is 412. The Labute approximate surface area is 83.0 Å². The summed E-state index contributed by atoms with van der Waals surface area (Å²) in [6, 6.07) is 4.89. The number of nitrogens with one attached hydrogen (secondary N) is 1. The molecule has 0 aliphatic carbocycles. The first kappa shape index (κ1) is 8.44. The van der Waals surface area contributed by atoms with Crippen LogP contribution in [0, 0.1) is 5.82 Å². The van der Waals surface area contributed by atoms with E-state index >= 15 is 0 Å². The molecule has 0 saturated carbocycles. The summed E-state index contributed by atoms with van der Waals surface area (Å²) >= 11 is 3.09. The Morgan fingerprint density at radius 3 is 2.85 bits per heavy atom. The number of hydrogen-bond acceptors (Lipinski definition) is 1. The van der Waals surface area contributed by atoms with Crippen LogP contribution >= 0.6 is 15.9 Å². The molecular formula is C9H6BrFN2. The number of rotatable bonds is 1. The minimum Gasteiger partial charge on any atom is -0.345 e. The van der Waals surface area contributed by atoms with Gasteiger partial charge >= 0.3 is 0 Å². The Morgan fingerprint density at radius 2 is 2.23 bits per heavy atom. The van der Waals surface area contributed by atoms with E-state index in [1.54, 1.807) is 24.5 Å². The minimum atomic E-state index is -0.283. The maximum absolute atomic E-state index is 13.1. The van der Waals surface area contributed by atoms with Crippen LogP contribution in [0.1, 0.15) is 0 Å². The zero-order valence-corrected chi connectivity index (χ0v) is 8.18. The number of aromatic amines is 1. The summed E-state index contributed by atoms with van der Waals surface area (Å²) < 4.78 is 13.5. The molecule has 13 heavy (non-hydrogen) atoms. The first-order chi connectivity index (χ1) is 6.27. The number of aromatic nitrogens is 2. The molecule has 0 atom stereocenters. The number of halogens is 2. The zero-order chi connectivity index (χ0) is 9.26. The lowest BCUT2D eigenvalue weighted by molar-refractivity contribution is 0.621. The van der Waals surface area contributed by atoms with Crippen LogP contribution < -0.4 is 0 Å². The minimum absolute atomic E-state index is 0.283. The fraction of sp³-hybridized carbons (Fsp3) is 0. The SMILES string of the molecule is Fc1cc(-c2ncc[nH]2)ccc1Br. The lowest BCUT2D eigenvalue weighted by atomic mass is 10.2. The molecule has 0 fully saturated rings. The first-order valence-corrected chi connectivity index (χ1v) is 4.51. The summed E-state index contributed by atoms with van der Waals surface area (Å²) in [4.78, 5) is 6.93. The van der Waals surface area contributed by atoms with Crippen molar-refractivity contribution in [2.45, 2.75) is 0 Å². The van der Waals surface area contributed by atoms with E-state index in [0.717, 1.165) is 5.56 Å². The molecular weight excluding hydrogens is 235 g/mol. The van der Waals surface area contributed by atoms with Gasteiger partial charge in [0.1, 0.15) is 11.6 Å². The van der Waals surface area contributed by atoms with Gasteiger partial charge in [0.15, 0.2) is 0 Å². The largest absolute Gasteiger partial charge is 0.345 e. The van der Waals surface area contributed by atoms with Gasteiger partial charge in [-0.1, -0.05) is 0 Å². The fourth-order valence-corrected chi connectivity index (χ4v) is 1.31. The van der Waals surface area contributed by atoms with Gasteiger partial charge in [-0.05, 0) is 34.1 Å². The van der Waals surface area contributed by atoms with Crippen LogP contribution in [0.5, 0.6) is 0 Å². The van der Waals surface area contributed by atoms with Gasteiger partial charge in [-0.2, -0.15) is 0 Å². The van der Waals surface area contributed by atoms with Gasteiger partial charge in [-0.15, -0.1) is 0 Å². The molecule has 1 aromatic heterocycles. The van der Waals surface area contributed by atoms with Crippen molar-refractivity contribution in [2.75, 3.05) is 0 Å². The number of nitrogens with zero attached hydrogens (tertiary/aromatic N) is 1. The average Bonchev–Trinajstić information content (AvgIpc) is 2.62. The van der Waals surface area contributed by atoms with Crippen LogP contribution in [0.4, 0.5) is 4.39 Å². The molecule has 66 valence electrons. The maximum atomic E-state index is 13.1. The molecule has 0 aliphatic heterocycles. The second-order valence-corrected chi connectivity index (χ2v) is 3.42. The van der Waals surface area contributed by atoms with Crippen LogP contribution in [0.25, 0.3) is 11.4 Å². The van der Waals surface area contributed by atoms with E-state index in [0.29, 0.717) is 10.3 Å². The molecule has 0 amide bonds. The lowest BCUT2D eigenvalue weighted by Crippen LogP contribution is -1.83. The molecule has 2 aromatic rings. The van der Waals surface area contributed by atoms with E-state index in [2.05, 4.69) is 25.9 Å². The molecule has 0 radical (unpaired) electrons. The number of H-pyrrole nitrogens is 1. The second kappa shape index (κ2) is 3.30. The molecule has 1 heterocycles. The monoisotopic (exact) mass is 240 g/mol. The van der Waals surface area contributed by atoms with Gasteiger partial charge in [-0.25, -0.2) is 9.37 Å². The Kier molecular flexibility index (Phi) is 2.14. The molecule has 2 rings (SSSR count). The zero-order valence-electron chi connectivity index (χ0n) is 6.59. The number of hydrogen-bond donors (Lipinski definition) is 1. The first-order valence-electron chi connectivity index (χ1n) is 3.72. The summed E-state index contributed by atoms with van der Waals surface area (Å²) in [5.74, 6) is 0.389. The number of imidazole rings is 1. The van der Waals surface area contributed by atoms with Crippen molar-refractivity contribution in [1.29, 1.82) is 0 Å². The topological polar surface area (TPSA) is 28.7 Å². The highest BCUT2D eigenvalue weighted by Gasteiger charge is 2.03. The third-order valence-electron chi connectivity index (χ3n) is 1.69. The van der Waals surface area contributed by atoms with Gasteiger partial charge in [0.25, 0.3) is 0 Å². The highest BCUT2D eigenvalue weighted by Crippen LogP contribution is 2.21. The van der Waals surface area contributed by atoms with Crippen molar-refractivity contribution in [3.05, 3.63) is 40.9 Å². The van der Waals surface area contributed by atoms with Crippen LogP contribution in [-0.2, 0) is 0 Å². The molecule has 1 aromatic carbocycles. The fourth-order valence-electron chi connectivity index (χ4n) is 1.07. The van der Waals surface area contributed by atoms with E-state index in [4.69, 9.17) is 0 Å². The quantitative estimate of drug-likeness (QED) is 0.816. The van der Waals surface area contributed by atoms with Gasteiger partial charge in [0.2, 0.25) is 0 Å². The Balaban J connectivity index is 2.49. The third kappa shape index (κ3) is 1.62. The van der Waals surface area contributed by atoms with Crippen molar-refractivity contribution >= 4 is 15.9 Å². The molecule has 2 nitrogen and oxygen atoms in total. The average molecular weight is 241 g/mol. The molecule has 1 N–H and O–H groups in total. The van der Waals surface area contributed by atoms with E-state index in [-0.39, 0.29) is 5.82 Å². The summed E-state index contributed by atoms with van der Waals surface area (Å²) in [7, 11) is 0. The normalized spacial score (nSPS) is 10.3. The van der Waals surface area contributed by atoms with E-state index < -0.39 is 0 Å². The van der Waals surface area contributed by atoms with Crippen molar-refractivity contribution in [2.24, 2.45) is 0 Å². The van der Waals surface area contributed by atoms with Gasteiger partial charge in [0, 0.05) is 18.0 Å². The number of benzene rings is 1. The Morgan fingerprint density at radius 1 is 1.38 bits per heavy atom. The van der Waals surface area contributed by atoms with Gasteiger partial charge in [0.05, 0.1) is 4.47 Å². The summed E-state index contributed by atoms with van der Waals surface area (Å²) in [6.07, 6.45) is 3.34. The summed E-state index contributed by atoms with van der Waals surface area (Å²) in [5, 5.41) is 0. The molecule has 0 saturated heterocycles. The molecule has 4 heteroatoms. The van der Waals surface area contributed by atoms with E-state index in [1.165, 1.54) is 6.07 Å². The van der Waals surface area contributed by atoms with Crippen molar-refractivity contribution in [1.82, 2.24) is 9.97 Å².